The van der Waals surface area contributed by atoms with Gasteiger partial charge in [-0.2, -0.15) is 0 Å². The molecular formula is C59H75BBrF3O11. The Morgan fingerprint density at radius 2 is 0.973 bits per heavy atom. The summed E-state index contributed by atoms with van der Waals surface area (Å²) in [5.74, 6) is -4.43. The molecule has 16 heteroatoms. The molecule has 0 amide bonds. The van der Waals surface area contributed by atoms with Gasteiger partial charge in [-0.1, -0.05) is 92.7 Å². The minimum atomic E-state index is -1.49. The fourth-order valence-electron chi connectivity index (χ4n) is 7.34. The summed E-state index contributed by atoms with van der Waals surface area (Å²) in [7, 11) is 5.50. The first-order valence-corrected chi connectivity index (χ1v) is 25.6. The van der Waals surface area contributed by atoms with Crippen LogP contribution in [0.2, 0.25) is 0 Å². The van der Waals surface area contributed by atoms with Gasteiger partial charge in [0.25, 0.3) is 0 Å². The lowest BCUT2D eigenvalue weighted by molar-refractivity contribution is -0.154. The standard InChI is InChI=1S/C22H23FO3.C15H17FO3.C9H8BrFO3.C6H9B.C6H14O2.CH4/c23-20-13-17(11-12-19(20)18-9-5-2-6-10-18)14-21(24)22(25)26-15-16-7-3-1-4-8-16;16-13-8-10(9-14(17)15(18)19)6-7-12(13)11-4-2-1-3-5-11;10-6-2-1-5(3-7(6)11)4-8(12)9(13)14;7-6-4-2-1-3-5-6;1-5(2,7)6(3,4)8;/h1,3-4,7-9,11-13,21,24H,2,5-6,10,14-15H2;4,6-8,14,17H,1-3,5,9H2,(H,18,19);1-3,8,12H,4H2,(H,13,14);4H,1-3,5H2;7-8H,1-4H3;1H4/t21-;14-;8-;;;/m000.../s1. The molecule has 75 heavy (non-hydrogen) atoms. The Labute approximate surface area is 450 Å². The average molecular weight is 1110 g/mol. The van der Waals surface area contributed by atoms with Gasteiger partial charge in [0.15, 0.2) is 18.3 Å². The van der Waals surface area contributed by atoms with Crippen LogP contribution in [-0.2, 0) is 45.0 Å². The van der Waals surface area contributed by atoms with E-state index in [0.717, 1.165) is 80.0 Å². The van der Waals surface area contributed by atoms with Crippen LogP contribution in [0.1, 0.15) is 146 Å². The number of carbonyl (C=O) groups excluding carboxylic acids is 1. The molecule has 11 nitrogen and oxygen atoms in total. The van der Waals surface area contributed by atoms with E-state index in [9.17, 15) is 37.8 Å². The molecule has 4 aromatic carbocycles. The van der Waals surface area contributed by atoms with Gasteiger partial charge in [-0.05, 0) is 172 Å². The maximum atomic E-state index is 14.4. The van der Waals surface area contributed by atoms with E-state index in [0.29, 0.717) is 32.3 Å². The van der Waals surface area contributed by atoms with Crippen molar-refractivity contribution in [2.75, 3.05) is 0 Å². The number of hydrogen-bond donors (Lipinski definition) is 7. The Kier molecular flexibility index (Phi) is 28.9. The molecule has 3 aliphatic rings. The summed E-state index contributed by atoms with van der Waals surface area (Å²) in [4.78, 5) is 32.8. The van der Waals surface area contributed by atoms with Crippen LogP contribution in [0.3, 0.4) is 0 Å². The summed E-state index contributed by atoms with van der Waals surface area (Å²) in [5.41, 5.74) is 4.72. The molecule has 0 unspecified atom stereocenters. The maximum absolute atomic E-state index is 14.4. The van der Waals surface area contributed by atoms with Crippen LogP contribution >= 0.6 is 15.9 Å². The van der Waals surface area contributed by atoms with Gasteiger partial charge in [0, 0.05) is 30.4 Å². The van der Waals surface area contributed by atoms with Crippen molar-refractivity contribution in [3.05, 3.63) is 164 Å². The van der Waals surface area contributed by atoms with Gasteiger partial charge in [-0.3, -0.25) is 0 Å². The molecule has 3 aliphatic carbocycles. The monoisotopic (exact) mass is 1110 g/mol. The third-order valence-electron chi connectivity index (χ3n) is 12.5. The van der Waals surface area contributed by atoms with Gasteiger partial charge in [0.05, 0.1) is 15.7 Å². The van der Waals surface area contributed by atoms with Gasteiger partial charge in [0.2, 0.25) is 0 Å². The highest BCUT2D eigenvalue weighted by molar-refractivity contribution is 9.10. The van der Waals surface area contributed by atoms with Crippen molar-refractivity contribution in [2.45, 2.75) is 168 Å². The summed E-state index contributed by atoms with van der Waals surface area (Å²) in [6.07, 6.45) is 15.0. The van der Waals surface area contributed by atoms with Crippen molar-refractivity contribution < 1.29 is 68.0 Å². The molecule has 0 bridgehead atoms. The molecule has 0 heterocycles. The van der Waals surface area contributed by atoms with Crippen LogP contribution < -0.4 is 0 Å². The lowest BCUT2D eigenvalue weighted by Crippen LogP contribution is -2.44. The zero-order chi connectivity index (χ0) is 55.0. The molecule has 0 aromatic heterocycles. The number of aliphatic carboxylic acids is 2. The number of aliphatic hydroxyl groups excluding tert-OH is 3. The smallest absolute Gasteiger partial charge is 0.335 e. The highest BCUT2D eigenvalue weighted by Gasteiger charge is 2.32. The Morgan fingerprint density at radius 1 is 0.573 bits per heavy atom. The number of esters is 1. The van der Waals surface area contributed by atoms with Crippen molar-refractivity contribution in [3.8, 4) is 0 Å². The summed E-state index contributed by atoms with van der Waals surface area (Å²) in [5, 5.41) is 63.6. The third kappa shape index (κ3) is 24.5. The second kappa shape index (κ2) is 32.9. The first kappa shape index (κ1) is 65.8. The molecule has 3 atom stereocenters. The minimum Gasteiger partial charge on any atom is -0.479 e. The van der Waals surface area contributed by atoms with E-state index in [1.807, 2.05) is 30.3 Å². The van der Waals surface area contributed by atoms with E-state index >= 15 is 0 Å². The average Bonchev–Trinajstić information content (AvgIpc) is 3.35. The molecule has 0 aliphatic heterocycles. The number of rotatable bonds is 14. The number of carboxylic acids is 2. The molecule has 2 radical (unpaired) electrons. The topological polar surface area (TPSA) is 202 Å². The van der Waals surface area contributed by atoms with Crippen LogP contribution in [-0.4, -0.2) is 91.0 Å². The number of carboxylic acid groups (broad SMARTS) is 2. The van der Waals surface area contributed by atoms with Gasteiger partial charge in [-0.15, -0.1) is 5.47 Å². The lowest BCUT2D eigenvalue weighted by atomic mass is 9.86. The molecule has 7 rings (SSSR count). The van der Waals surface area contributed by atoms with E-state index in [1.165, 1.54) is 43.5 Å². The lowest BCUT2D eigenvalue weighted by Gasteiger charge is -2.31. The van der Waals surface area contributed by atoms with E-state index in [2.05, 4.69) is 34.2 Å². The molecule has 7 N–H and O–H groups in total. The molecule has 4 aromatic rings. The molecule has 0 spiro atoms. The van der Waals surface area contributed by atoms with E-state index in [4.69, 9.17) is 38.1 Å². The Hall–Kier alpha value is -5.36. The highest BCUT2D eigenvalue weighted by Crippen LogP contribution is 2.31. The SMILES string of the molecule is C.CC(C)(O)C(C)(C)O.O=C(O)[C@@H](O)Cc1ccc(Br)c(F)c1.O=C(O)[C@@H](O)Cc1ccc(C2=CCCCC2)c(F)c1.O=C(OCc1ccccc1)[C@@H](O)Cc1ccc(C2=CCCCC2)c(F)c1.[B]C1=CCCCC1. The third-order valence-corrected chi connectivity index (χ3v) is 13.1. The Morgan fingerprint density at radius 3 is 1.31 bits per heavy atom. The maximum Gasteiger partial charge on any atom is 0.335 e. The highest BCUT2D eigenvalue weighted by atomic mass is 79.9. The molecule has 0 saturated heterocycles. The van der Waals surface area contributed by atoms with Crippen LogP contribution in [0.5, 0.6) is 0 Å². The molecular weight excluding hydrogens is 1030 g/mol. The quantitative estimate of drug-likeness (QED) is 0.0468. The fourth-order valence-corrected chi connectivity index (χ4v) is 7.59. The van der Waals surface area contributed by atoms with E-state index < -0.39 is 53.2 Å². The minimum absolute atomic E-state index is 0. The predicted molar refractivity (Wildman–Crippen MR) is 292 cm³/mol. The fraction of sp³-hybridized carbons (Fsp3) is 0.441. The van der Waals surface area contributed by atoms with E-state index in [-0.39, 0.29) is 44.9 Å². The van der Waals surface area contributed by atoms with Crippen LogP contribution in [0.25, 0.3) is 11.1 Å². The van der Waals surface area contributed by atoms with E-state index in [1.54, 1.807) is 58.0 Å². The van der Waals surface area contributed by atoms with Gasteiger partial charge < -0.3 is 40.5 Å². The van der Waals surface area contributed by atoms with Gasteiger partial charge in [0.1, 0.15) is 31.9 Å². The second-order valence-electron chi connectivity index (χ2n) is 19.4. The zero-order valence-electron chi connectivity index (χ0n) is 42.7. The van der Waals surface area contributed by atoms with Crippen molar-refractivity contribution in [2.24, 2.45) is 0 Å². The number of hydrogen-bond acceptors (Lipinski definition) is 9. The Balaban J connectivity index is 0.000000346. The second-order valence-corrected chi connectivity index (χ2v) is 20.3. The van der Waals surface area contributed by atoms with Crippen LogP contribution in [0.15, 0.2) is 113 Å². The van der Waals surface area contributed by atoms with Crippen molar-refractivity contribution in [1.29, 1.82) is 0 Å². The van der Waals surface area contributed by atoms with Gasteiger partial charge in [-0.25, -0.2) is 27.6 Å². The van der Waals surface area contributed by atoms with Crippen molar-refractivity contribution >= 4 is 52.8 Å². The molecule has 0 fully saturated rings. The predicted octanol–water partition coefficient (Wildman–Crippen LogP) is 11.6. The normalized spacial score (nSPS) is 15.4. The molecule has 0 saturated carbocycles. The largest absolute Gasteiger partial charge is 0.479 e. The zero-order valence-corrected chi connectivity index (χ0v) is 44.3. The summed E-state index contributed by atoms with van der Waals surface area (Å²) in [6, 6.07) is 23.1. The Bertz CT molecular complexity index is 2510. The van der Waals surface area contributed by atoms with Crippen molar-refractivity contribution in [1.82, 2.24) is 0 Å². The molecule has 408 valence electrons. The van der Waals surface area contributed by atoms with Gasteiger partial charge >= 0.3 is 17.9 Å². The first-order chi connectivity index (χ1) is 34.9. The number of halogens is 4. The van der Waals surface area contributed by atoms with Crippen LogP contribution in [0.4, 0.5) is 13.2 Å². The number of benzene rings is 4. The number of aliphatic hydroxyl groups is 5. The summed E-state index contributed by atoms with van der Waals surface area (Å²) in [6.45, 7) is 6.41. The number of carbonyl (C=O) groups is 3. The first-order valence-electron chi connectivity index (χ1n) is 24.8. The van der Waals surface area contributed by atoms with Crippen molar-refractivity contribution in [3.63, 3.8) is 0 Å². The summed E-state index contributed by atoms with van der Waals surface area (Å²) < 4.78 is 46.8. The van der Waals surface area contributed by atoms with Crippen LogP contribution in [0, 0.1) is 17.5 Å². The number of allylic oxidation sites excluding steroid dienone is 6. The summed E-state index contributed by atoms with van der Waals surface area (Å²) >= 11 is 2.97. The number of ether oxygens (including phenoxy) is 1.